The molecule has 0 aliphatic carbocycles. The molecule has 8 nitrogen and oxygen atoms in total. The van der Waals surface area contributed by atoms with Gasteiger partial charge >= 0.3 is 0 Å². The molecule has 1 saturated heterocycles. The molecule has 1 amide bonds. The average molecular weight is 304 g/mol. The summed E-state index contributed by atoms with van der Waals surface area (Å²) in [7, 11) is 0. The van der Waals surface area contributed by atoms with Gasteiger partial charge in [0.05, 0.1) is 35.5 Å². The van der Waals surface area contributed by atoms with Gasteiger partial charge in [-0.3, -0.25) is 9.89 Å². The summed E-state index contributed by atoms with van der Waals surface area (Å²) in [6.45, 7) is 4.84. The highest BCUT2D eigenvalue weighted by Crippen LogP contribution is 2.30. The third kappa shape index (κ3) is 2.62. The normalized spacial score (nSPS) is 18.6. The zero-order chi connectivity index (χ0) is 15.5. The molecule has 8 heteroatoms. The molecule has 2 aromatic rings. The van der Waals surface area contributed by atoms with Crippen molar-refractivity contribution in [3.8, 4) is 0 Å². The van der Waals surface area contributed by atoms with Gasteiger partial charge in [0.15, 0.2) is 5.65 Å². The molecule has 3 rings (SSSR count). The van der Waals surface area contributed by atoms with Gasteiger partial charge in [-0.25, -0.2) is 4.98 Å². The number of pyridine rings is 1. The number of morpholine rings is 1. The number of H-pyrrole nitrogens is 1. The summed E-state index contributed by atoms with van der Waals surface area (Å²) >= 11 is 0. The van der Waals surface area contributed by atoms with Crippen LogP contribution in [-0.2, 0) is 4.74 Å². The fraction of sp³-hybridized carbons (Fsp3) is 0.500. The summed E-state index contributed by atoms with van der Waals surface area (Å²) in [6, 6.07) is 0. The predicted molar refractivity (Wildman–Crippen MR) is 82.9 cm³/mol. The van der Waals surface area contributed by atoms with Crippen LogP contribution in [0.25, 0.3) is 11.0 Å². The summed E-state index contributed by atoms with van der Waals surface area (Å²) in [4.78, 5) is 18.8. The number of nitrogens with zero attached hydrogens (tertiary/aromatic N) is 3. The largest absolute Gasteiger partial charge is 0.373 e. The third-order valence-electron chi connectivity index (χ3n) is 3.75. The number of hydrogen-bond donors (Lipinski definition) is 3. The monoisotopic (exact) mass is 304 g/mol. The van der Waals surface area contributed by atoms with Gasteiger partial charge in [0.25, 0.3) is 5.91 Å². The van der Waals surface area contributed by atoms with E-state index in [9.17, 15) is 4.79 Å². The highest BCUT2D eigenvalue weighted by atomic mass is 16.5. The Morgan fingerprint density at radius 3 is 3.23 bits per heavy atom. The Morgan fingerprint density at radius 2 is 2.45 bits per heavy atom. The smallest absolute Gasteiger partial charge is 0.254 e. The zero-order valence-corrected chi connectivity index (χ0v) is 12.5. The topological polar surface area (TPSA) is 109 Å². The first-order valence-corrected chi connectivity index (χ1v) is 7.41. The summed E-state index contributed by atoms with van der Waals surface area (Å²) in [5, 5.41) is 10.6. The molecule has 1 aliphatic heterocycles. The van der Waals surface area contributed by atoms with Crippen molar-refractivity contribution in [1.82, 2.24) is 20.5 Å². The van der Waals surface area contributed by atoms with Crippen molar-refractivity contribution in [2.45, 2.75) is 13.0 Å². The van der Waals surface area contributed by atoms with Gasteiger partial charge in [-0.2, -0.15) is 5.10 Å². The molecule has 0 radical (unpaired) electrons. The minimum atomic E-state index is -0.135. The zero-order valence-electron chi connectivity index (χ0n) is 12.5. The molecule has 22 heavy (non-hydrogen) atoms. The molecule has 1 fully saturated rings. The number of nitrogens with two attached hydrogens (primary N) is 1. The molecule has 0 spiro atoms. The van der Waals surface area contributed by atoms with Crippen molar-refractivity contribution < 1.29 is 9.53 Å². The Morgan fingerprint density at radius 1 is 1.59 bits per heavy atom. The van der Waals surface area contributed by atoms with Crippen LogP contribution in [0.15, 0.2) is 12.4 Å². The molecular formula is C14H20N6O2. The Balaban J connectivity index is 2.06. The van der Waals surface area contributed by atoms with E-state index in [1.54, 1.807) is 12.4 Å². The van der Waals surface area contributed by atoms with Gasteiger partial charge in [0, 0.05) is 32.4 Å². The van der Waals surface area contributed by atoms with Crippen LogP contribution in [0.5, 0.6) is 0 Å². The lowest BCUT2D eigenvalue weighted by Crippen LogP contribution is -2.46. The van der Waals surface area contributed by atoms with E-state index >= 15 is 0 Å². The highest BCUT2D eigenvalue weighted by molar-refractivity contribution is 6.06. The molecule has 3 heterocycles. The van der Waals surface area contributed by atoms with Gasteiger partial charge in [0.1, 0.15) is 0 Å². The van der Waals surface area contributed by atoms with Crippen LogP contribution in [-0.4, -0.2) is 60.0 Å². The number of ether oxygens (including phenoxy) is 1. The number of nitrogens with one attached hydrogen (secondary N) is 2. The van der Waals surface area contributed by atoms with Crippen molar-refractivity contribution in [2.75, 3.05) is 37.7 Å². The van der Waals surface area contributed by atoms with Gasteiger partial charge in [-0.05, 0) is 6.92 Å². The maximum Gasteiger partial charge on any atom is 0.254 e. The van der Waals surface area contributed by atoms with Crippen LogP contribution >= 0.6 is 0 Å². The predicted octanol–water partition coefficient (Wildman–Crippen LogP) is -0.128. The van der Waals surface area contributed by atoms with E-state index in [0.29, 0.717) is 44.0 Å². The lowest BCUT2D eigenvalue weighted by molar-refractivity contribution is 0.0465. The molecule has 1 atom stereocenters. The van der Waals surface area contributed by atoms with Crippen LogP contribution in [0, 0.1) is 0 Å². The number of carbonyl (C=O) groups is 1. The fourth-order valence-electron chi connectivity index (χ4n) is 2.71. The Labute approximate surface area is 128 Å². The summed E-state index contributed by atoms with van der Waals surface area (Å²) in [5.41, 5.74) is 7.77. The van der Waals surface area contributed by atoms with Crippen molar-refractivity contribution in [1.29, 1.82) is 0 Å². The molecule has 2 aromatic heterocycles. The van der Waals surface area contributed by atoms with Crippen molar-refractivity contribution in [3.05, 3.63) is 18.0 Å². The quantitative estimate of drug-likeness (QED) is 0.726. The second-order valence-electron chi connectivity index (χ2n) is 5.19. The number of carbonyl (C=O) groups excluding carboxylic acids is 1. The van der Waals surface area contributed by atoms with Crippen LogP contribution in [0.3, 0.4) is 0 Å². The maximum absolute atomic E-state index is 12.4. The van der Waals surface area contributed by atoms with E-state index in [0.717, 1.165) is 11.1 Å². The fourth-order valence-corrected chi connectivity index (χ4v) is 2.71. The summed E-state index contributed by atoms with van der Waals surface area (Å²) < 4.78 is 5.61. The first-order chi connectivity index (χ1) is 10.7. The first kappa shape index (κ1) is 14.7. The molecular weight excluding hydrogens is 284 g/mol. The molecule has 118 valence electrons. The van der Waals surface area contributed by atoms with Gasteiger partial charge in [-0.15, -0.1) is 0 Å². The van der Waals surface area contributed by atoms with E-state index in [1.807, 2.05) is 6.92 Å². The lowest BCUT2D eigenvalue weighted by atomic mass is 10.1. The van der Waals surface area contributed by atoms with Crippen molar-refractivity contribution in [3.63, 3.8) is 0 Å². The number of anilines is 1. The Hall–Kier alpha value is -2.19. The molecule has 4 N–H and O–H groups in total. The van der Waals surface area contributed by atoms with Crippen molar-refractivity contribution in [2.24, 2.45) is 5.73 Å². The van der Waals surface area contributed by atoms with E-state index in [-0.39, 0.29) is 12.0 Å². The number of rotatable bonds is 4. The average Bonchev–Trinajstić information content (AvgIpc) is 3.02. The lowest BCUT2D eigenvalue weighted by Gasteiger charge is -2.35. The van der Waals surface area contributed by atoms with Gasteiger partial charge < -0.3 is 20.7 Å². The van der Waals surface area contributed by atoms with Crippen molar-refractivity contribution >= 4 is 22.6 Å². The third-order valence-corrected chi connectivity index (χ3v) is 3.75. The standard InChI is InChI=1S/C14H20N6O2/c1-2-16-14(21)11-6-17-13-10(7-18-19-13)12(11)20-3-4-22-9(5-15)8-20/h6-7,9H,2-5,8,15H2,1H3,(H,16,21)(H,17,18,19). The van der Waals surface area contributed by atoms with Crippen LogP contribution in [0.2, 0.25) is 0 Å². The molecule has 0 bridgehead atoms. The van der Waals surface area contributed by atoms with Crippen LogP contribution < -0.4 is 16.0 Å². The van der Waals surface area contributed by atoms with E-state index in [1.165, 1.54) is 0 Å². The molecule has 0 saturated carbocycles. The first-order valence-electron chi connectivity index (χ1n) is 7.41. The Bertz CT molecular complexity index is 670. The number of aromatic nitrogens is 3. The van der Waals surface area contributed by atoms with E-state index in [4.69, 9.17) is 10.5 Å². The molecule has 0 aromatic carbocycles. The Kier molecular flexibility index (Phi) is 4.21. The van der Waals surface area contributed by atoms with E-state index in [2.05, 4.69) is 25.4 Å². The highest BCUT2D eigenvalue weighted by Gasteiger charge is 2.26. The molecule has 1 unspecified atom stereocenters. The van der Waals surface area contributed by atoms with E-state index < -0.39 is 0 Å². The SMILES string of the molecule is CCNC(=O)c1cnc2[nH]ncc2c1N1CCOC(CN)C1. The second-order valence-corrected chi connectivity index (χ2v) is 5.19. The number of fused-ring (bicyclic) bond motifs is 1. The number of aromatic amines is 1. The minimum Gasteiger partial charge on any atom is -0.373 e. The summed E-state index contributed by atoms with van der Waals surface area (Å²) in [5.74, 6) is -0.135. The maximum atomic E-state index is 12.4. The number of amides is 1. The van der Waals surface area contributed by atoms with Gasteiger partial charge in [-0.1, -0.05) is 0 Å². The summed E-state index contributed by atoms with van der Waals surface area (Å²) in [6.07, 6.45) is 3.26. The molecule has 1 aliphatic rings. The second kappa shape index (κ2) is 6.29. The van der Waals surface area contributed by atoms with Gasteiger partial charge in [0.2, 0.25) is 0 Å². The van der Waals surface area contributed by atoms with Crippen LogP contribution in [0.1, 0.15) is 17.3 Å². The minimum absolute atomic E-state index is 0.0362. The van der Waals surface area contributed by atoms with Crippen LogP contribution in [0.4, 0.5) is 5.69 Å². The number of hydrogen-bond acceptors (Lipinski definition) is 6.